The molecule has 0 N–H and O–H groups in total. The molecule has 1 atom stereocenters. The molecule has 0 saturated carbocycles. The van der Waals surface area contributed by atoms with Crippen molar-refractivity contribution >= 4 is 0 Å². The number of hydrogen-bond acceptors (Lipinski definition) is 5. The van der Waals surface area contributed by atoms with Crippen LogP contribution in [0.2, 0.25) is 0 Å². The van der Waals surface area contributed by atoms with E-state index in [1.54, 1.807) is 24.3 Å². The fraction of sp³-hybridized carbons (Fsp3) is 0.0556. The van der Waals surface area contributed by atoms with Gasteiger partial charge in [0, 0.05) is 17.7 Å². The van der Waals surface area contributed by atoms with Crippen LogP contribution >= 0.6 is 0 Å². The molecule has 2 bridgehead atoms. The molecule has 2 heterocycles. The lowest BCUT2D eigenvalue weighted by molar-refractivity contribution is 0.176. The molecule has 1 aromatic heterocycles. The second kappa shape index (κ2) is 5.79. The van der Waals surface area contributed by atoms with Gasteiger partial charge >= 0.3 is 16.9 Å². The van der Waals surface area contributed by atoms with Gasteiger partial charge in [0.25, 0.3) is 0 Å². The van der Waals surface area contributed by atoms with E-state index in [9.17, 15) is 14.4 Å². The summed E-state index contributed by atoms with van der Waals surface area (Å²) < 4.78 is 12.1. The Morgan fingerprint density at radius 1 is 0.720 bits per heavy atom. The Hall–Kier alpha value is -3.61. The summed E-state index contributed by atoms with van der Waals surface area (Å²) in [6.07, 6.45) is 0. The predicted molar refractivity (Wildman–Crippen MR) is 88.4 cm³/mol. The highest BCUT2D eigenvalue weighted by Gasteiger charge is 2.29. The Morgan fingerprint density at radius 2 is 1.36 bits per heavy atom. The summed E-state index contributed by atoms with van der Waals surface area (Å²) >= 11 is 0. The van der Waals surface area contributed by atoms with E-state index in [-0.39, 0.29) is 0 Å². The van der Waals surface area contributed by atoms with Crippen LogP contribution in [0.25, 0.3) is 5.69 Å². The summed E-state index contributed by atoms with van der Waals surface area (Å²) in [6, 6.07) is 17.3. The summed E-state index contributed by atoms with van der Waals surface area (Å²) in [5, 5.41) is 0. The van der Waals surface area contributed by atoms with Gasteiger partial charge in [0.1, 0.15) is 6.04 Å². The zero-order valence-electron chi connectivity index (χ0n) is 12.9. The SMILES string of the molecule is O=c1ccc(=O)on2c(=O)n(o1)-c1ccccc1C2c1ccccc1. The Balaban J connectivity index is 2.21. The molecule has 7 heteroatoms. The summed E-state index contributed by atoms with van der Waals surface area (Å²) in [4.78, 5) is 36.6. The molecule has 25 heavy (non-hydrogen) atoms. The number of aromatic nitrogens is 2. The second-order valence-corrected chi connectivity index (χ2v) is 5.43. The molecule has 4 rings (SSSR count). The Labute approximate surface area is 140 Å². The molecule has 3 aromatic rings. The molecule has 0 radical (unpaired) electrons. The van der Waals surface area contributed by atoms with E-state index in [1.807, 2.05) is 30.3 Å². The zero-order valence-corrected chi connectivity index (χ0v) is 12.9. The van der Waals surface area contributed by atoms with Gasteiger partial charge in [-0.3, -0.25) is 0 Å². The van der Waals surface area contributed by atoms with Crippen LogP contribution in [0.15, 0.2) is 90.2 Å². The molecule has 2 aromatic carbocycles. The molecule has 7 nitrogen and oxygen atoms in total. The maximum Gasteiger partial charge on any atom is 0.392 e. The first-order chi connectivity index (χ1) is 12.1. The monoisotopic (exact) mass is 336 g/mol. The second-order valence-electron chi connectivity index (χ2n) is 5.43. The number of rotatable bonds is 1. The van der Waals surface area contributed by atoms with E-state index in [0.29, 0.717) is 11.3 Å². The minimum absolute atomic E-state index is 0.414. The van der Waals surface area contributed by atoms with Gasteiger partial charge in [-0.15, -0.1) is 9.48 Å². The molecule has 0 saturated heterocycles. The van der Waals surface area contributed by atoms with E-state index < -0.39 is 23.0 Å². The lowest BCUT2D eigenvalue weighted by atomic mass is 9.96. The first-order valence-electron chi connectivity index (χ1n) is 7.54. The largest absolute Gasteiger partial charge is 0.392 e. The Bertz CT molecular complexity index is 1170. The van der Waals surface area contributed by atoms with Gasteiger partial charge < -0.3 is 9.05 Å². The molecule has 0 spiro atoms. The van der Waals surface area contributed by atoms with Crippen molar-refractivity contribution in [2.24, 2.45) is 0 Å². The van der Waals surface area contributed by atoms with Gasteiger partial charge in [0.05, 0.1) is 5.69 Å². The zero-order chi connectivity index (χ0) is 17.4. The fourth-order valence-electron chi connectivity index (χ4n) is 2.85. The van der Waals surface area contributed by atoms with E-state index in [4.69, 9.17) is 9.05 Å². The fourth-order valence-corrected chi connectivity index (χ4v) is 2.85. The summed E-state index contributed by atoms with van der Waals surface area (Å²) in [5.74, 6) is 0. The molecule has 0 fully saturated rings. The number of benzene rings is 2. The third-order valence-electron chi connectivity index (χ3n) is 3.89. The third kappa shape index (κ3) is 2.51. The highest BCUT2D eigenvalue weighted by molar-refractivity contribution is 5.47. The van der Waals surface area contributed by atoms with E-state index >= 15 is 0 Å². The molecule has 0 amide bonds. The van der Waals surface area contributed by atoms with Crippen LogP contribution in [0.4, 0.5) is 0 Å². The van der Waals surface area contributed by atoms with Crippen molar-refractivity contribution in [3.63, 3.8) is 0 Å². The first kappa shape index (κ1) is 14.9. The summed E-state index contributed by atoms with van der Waals surface area (Å²) in [6.45, 7) is 0. The van der Waals surface area contributed by atoms with E-state index in [0.717, 1.165) is 27.2 Å². The quantitative estimate of drug-likeness (QED) is 0.527. The van der Waals surface area contributed by atoms with Crippen molar-refractivity contribution in [2.75, 3.05) is 0 Å². The Kier molecular flexibility index (Phi) is 3.46. The minimum Gasteiger partial charge on any atom is -0.331 e. The van der Waals surface area contributed by atoms with Gasteiger partial charge in [-0.25, -0.2) is 14.4 Å². The van der Waals surface area contributed by atoms with Crippen molar-refractivity contribution in [2.45, 2.75) is 6.04 Å². The van der Waals surface area contributed by atoms with Gasteiger partial charge in [-0.2, -0.15) is 0 Å². The van der Waals surface area contributed by atoms with Crippen LogP contribution in [0, 0.1) is 0 Å². The number of hydrogen-bond donors (Lipinski definition) is 0. The number of para-hydroxylation sites is 1. The van der Waals surface area contributed by atoms with Crippen molar-refractivity contribution in [1.29, 1.82) is 0 Å². The average molecular weight is 336 g/mol. The molecule has 1 unspecified atom stereocenters. The molecule has 124 valence electrons. The standard InChI is InChI=1S/C18H12N2O5/c21-15-10-11-16(22)25-20-17(12-6-2-1-3-7-12)13-8-4-5-9-14(13)19(24-15)18(20)23/h1-11,17H. The molecule has 1 aliphatic heterocycles. The van der Waals surface area contributed by atoms with Gasteiger partial charge in [-0.05, 0) is 11.6 Å². The van der Waals surface area contributed by atoms with E-state index in [2.05, 4.69) is 0 Å². The third-order valence-corrected chi connectivity index (χ3v) is 3.89. The number of fused-ring (bicyclic) bond motifs is 4. The lowest BCUT2D eigenvalue weighted by Gasteiger charge is -2.24. The van der Waals surface area contributed by atoms with Crippen LogP contribution in [-0.4, -0.2) is 9.48 Å². The summed E-state index contributed by atoms with van der Waals surface area (Å²) in [5.41, 5.74) is -0.621. The van der Waals surface area contributed by atoms with Gasteiger partial charge in [0.15, 0.2) is 0 Å². The molecule has 0 aliphatic carbocycles. The van der Waals surface area contributed by atoms with Gasteiger partial charge in [-0.1, -0.05) is 48.5 Å². The van der Waals surface area contributed by atoms with Crippen LogP contribution in [0.3, 0.4) is 0 Å². The highest BCUT2D eigenvalue weighted by Crippen LogP contribution is 2.31. The first-order valence-corrected chi connectivity index (χ1v) is 7.54. The average Bonchev–Trinajstić information content (AvgIpc) is 2.67. The van der Waals surface area contributed by atoms with Crippen molar-refractivity contribution in [1.82, 2.24) is 9.48 Å². The smallest absolute Gasteiger partial charge is 0.331 e. The predicted octanol–water partition coefficient (Wildman–Crippen LogP) is 1.62. The Morgan fingerprint density at radius 3 is 2.12 bits per heavy atom. The van der Waals surface area contributed by atoms with Crippen LogP contribution < -0.4 is 16.9 Å². The van der Waals surface area contributed by atoms with Crippen LogP contribution in [0.1, 0.15) is 17.2 Å². The van der Waals surface area contributed by atoms with Crippen molar-refractivity contribution in [3.8, 4) is 5.69 Å². The number of nitrogens with zero attached hydrogens (tertiary/aromatic N) is 2. The van der Waals surface area contributed by atoms with Crippen LogP contribution in [-0.2, 0) is 0 Å². The maximum atomic E-state index is 12.8. The molecule has 1 aliphatic rings. The normalized spacial score (nSPS) is 14.5. The molecular weight excluding hydrogens is 324 g/mol. The summed E-state index contributed by atoms with van der Waals surface area (Å²) in [7, 11) is 0. The molecular formula is C18H12N2O5. The lowest BCUT2D eigenvalue weighted by Crippen LogP contribution is -2.38. The maximum absolute atomic E-state index is 12.8. The van der Waals surface area contributed by atoms with Gasteiger partial charge in [0.2, 0.25) is 0 Å². The topological polar surface area (TPSA) is 87.4 Å². The highest BCUT2D eigenvalue weighted by atomic mass is 16.5. The van der Waals surface area contributed by atoms with E-state index in [1.165, 1.54) is 0 Å². The van der Waals surface area contributed by atoms with Crippen molar-refractivity contribution < 1.29 is 9.05 Å². The van der Waals surface area contributed by atoms with Crippen LogP contribution in [0.5, 0.6) is 0 Å². The minimum atomic E-state index is -0.847. The van der Waals surface area contributed by atoms with Crippen molar-refractivity contribution in [3.05, 3.63) is 109 Å².